The van der Waals surface area contributed by atoms with Crippen molar-refractivity contribution in [1.82, 2.24) is 0 Å². The van der Waals surface area contributed by atoms with E-state index in [1.807, 2.05) is 39.8 Å². The van der Waals surface area contributed by atoms with E-state index in [1.54, 1.807) is 25.2 Å². The highest BCUT2D eigenvalue weighted by atomic mass is 16.3. The fourth-order valence-corrected chi connectivity index (χ4v) is 2.15. The predicted molar refractivity (Wildman–Crippen MR) is 97.3 cm³/mol. The zero-order valence-corrected chi connectivity index (χ0v) is 15.2. The van der Waals surface area contributed by atoms with Gasteiger partial charge in [0.15, 0.2) is 5.78 Å². The van der Waals surface area contributed by atoms with Gasteiger partial charge in [-0.2, -0.15) is 0 Å². The standard InChI is InChI=1S/C20H32O3/c1-16(2)14-19(22)15-18(4)9-7-12-20(5,23)11-6-8-17(3)10-13-21/h6,9-11,14,21,23H,7-8,12-13,15H2,1-5H3/b11-6+,17-10+,18-9+/t20-/m0/s1. The second kappa shape index (κ2) is 11.1. The topological polar surface area (TPSA) is 57.5 Å². The monoisotopic (exact) mass is 320 g/mol. The Labute approximate surface area is 141 Å². The fourth-order valence-electron chi connectivity index (χ4n) is 2.15. The van der Waals surface area contributed by atoms with Crippen molar-refractivity contribution in [2.24, 2.45) is 0 Å². The van der Waals surface area contributed by atoms with E-state index in [1.165, 1.54) is 0 Å². The van der Waals surface area contributed by atoms with Gasteiger partial charge in [-0.1, -0.05) is 41.0 Å². The van der Waals surface area contributed by atoms with Gasteiger partial charge in [0.1, 0.15) is 0 Å². The quantitative estimate of drug-likeness (QED) is 0.467. The normalized spacial score (nSPS) is 15.6. The summed E-state index contributed by atoms with van der Waals surface area (Å²) in [4.78, 5) is 11.7. The molecule has 0 aromatic rings. The molecular formula is C20H32O3. The molecule has 0 spiro atoms. The zero-order chi connectivity index (χ0) is 17.9. The molecule has 0 saturated heterocycles. The Morgan fingerprint density at radius 3 is 2.30 bits per heavy atom. The summed E-state index contributed by atoms with van der Waals surface area (Å²) >= 11 is 0. The molecule has 0 rings (SSSR count). The van der Waals surface area contributed by atoms with Gasteiger partial charge in [0.25, 0.3) is 0 Å². The number of allylic oxidation sites excluding steroid dienone is 6. The van der Waals surface area contributed by atoms with Crippen molar-refractivity contribution in [3.63, 3.8) is 0 Å². The van der Waals surface area contributed by atoms with Crippen LogP contribution in [0.15, 0.2) is 47.1 Å². The number of hydrogen-bond acceptors (Lipinski definition) is 3. The highest BCUT2D eigenvalue weighted by Crippen LogP contribution is 2.17. The maximum Gasteiger partial charge on any atom is 0.159 e. The van der Waals surface area contributed by atoms with Crippen molar-refractivity contribution < 1.29 is 15.0 Å². The number of ketones is 1. The molecule has 0 fully saturated rings. The predicted octanol–water partition coefficient (Wildman–Crippen LogP) is 4.27. The zero-order valence-electron chi connectivity index (χ0n) is 15.2. The van der Waals surface area contributed by atoms with E-state index in [0.717, 1.165) is 29.6 Å². The first-order chi connectivity index (χ1) is 10.7. The lowest BCUT2D eigenvalue weighted by atomic mass is 9.97. The molecule has 0 aromatic heterocycles. The molecule has 2 N–H and O–H groups in total. The van der Waals surface area contributed by atoms with E-state index in [4.69, 9.17) is 5.11 Å². The first kappa shape index (κ1) is 21.6. The average molecular weight is 320 g/mol. The summed E-state index contributed by atoms with van der Waals surface area (Å²) in [6.07, 6.45) is 11.7. The maximum atomic E-state index is 11.7. The highest BCUT2D eigenvalue weighted by molar-refractivity contribution is 5.91. The van der Waals surface area contributed by atoms with Crippen molar-refractivity contribution in [3.05, 3.63) is 47.1 Å². The van der Waals surface area contributed by atoms with Gasteiger partial charge in [-0.15, -0.1) is 0 Å². The molecule has 0 saturated carbocycles. The van der Waals surface area contributed by atoms with Crippen molar-refractivity contribution in [3.8, 4) is 0 Å². The van der Waals surface area contributed by atoms with Crippen LogP contribution in [0.3, 0.4) is 0 Å². The van der Waals surface area contributed by atoms with Gasteiger partial charge >= 0.3 is 0 Å². The van der Waals surface area contributed by atoms with Gasteiger partial charge in [-0.3, -0.25) is 4.79 Å². The third-order valence-corrected chi connectivity index (χ3v) is 3.40. The molecule has 1 atom stereocenters. The van der Waals surface area contributed by atoms with E-state index in [-0.39, 0.29) is 12.4 Å². The molecule has 0 heterocycles. The Balaban J connectivity index is 4.34. The maximum absolute atomic E-state index is 11.7. The Kier molecular flexibility index (Phi) is 10.4. The summed E-state index contributed by atoms with van der Waals surface area (Å²) in [7, 11) is 0. The molecule has 0 aromatic carbocycles. The summed E-state index contributed by atoms with van der Waals surface area (Å²) in [5.41, 5.74) is 2.27. The molecule has 130 valence electrons. The molecule has 0 amide bonds. The Hall–Kier alpha value is -1.45. The lowest BCUT2D eigenvalue weighted by Crippen LogP contribution is -2.20. The minimum absolute atomic E-state index is 0.0472. The van der Waals surface area contributed by atoms with E-state index >= 15 is 0 Å². The molecule has 0 aliphatic carbocycles. The number of carbonyl (C=O) groups is 1. The number of rotatable bonds is 10. The van der Waals surface area contributed by atoms with Crippen LogP contribution < -0.4 is 0 Å². The third kappa shape index (κ3) is 12.8. The van der Waals surface area contributed by atoms with Crippen LogP contribution >= 0.6 is 0 Å². The molecule has 0 radical (unpaired) electrons. The van der Waals surface area contributed by atoms with Gasteiger partial charge < -0.3 is 10.2 Å². The van der Waals surface area contributed by atoms with Crippen molar-refractivity contribution in [2.75, 3.05) is 6.61 Å². The van der Waals surface area contributed by atoms with Crippen LogP contribution in [0, 0.1) is 0 Å². The molecule has 0 aliphatic heterocycles. The van der Waals surface area contributed by atoms with Crippen molar-refractivity contribution in [1.29, 1.82) is 0 Å². The van der Waals surface area contributed by atoms with Crippen LogP contribution in [0.4, 0.5) is 0 Å². The van der Waals surface area contributed by atoms with Gasteiger partial charge in [-0.25, -0.2) is 0 Å². The van der Waals surface area contributed by atoms with Crippen LogP contribution in [-0.4, -0.2) is 28.2 Å². The molecule has 0 aliphatic rings. The Morgan fingerprint density at radius 2 is 1.74 bits per heavy atom. The van der Waals surface area contributed by atoms with Gasteiger partial charge in [0.05, 0.1) is 12.2 Å². The molecular weight excluding hydrogens is 288 g/mol. The van der Waals surface area contributed by atoms with Crippen LogP contribution in [0.2, 0.25) is 0 Å². The summed E-state index contributed by atoms with van der Waals surface area (Å²) in [5.74, 6) is 0.122. The number of aliphatic hydroxyl groups excluding tert-OH is 1. The minimum Gasteiger partial charge on any atom is -0.392 e. The summed E-state index contributed by atoms with van der Waals surface area (Å²) in [6, 6.07) is 0. The van der Waals surface area contributed by atoms with Crippen molar-refractivity contribution in [2.45, 2.75) is 65.9 Å². The lowest BCUT2D eigenvalue weighted by molar-refractivity contribution is -0.114. The Bertz CT molecular complexity index is 487. The minimum atomic E-state index is -0.861. The Morgan fingerprint density at radius 1 is 1.09 bits per heavy atom. The lowest BCUT2D eigenvalue weighted by Gasteiger charge is -2.18. The van der Waals surface area contributed by atoms with Crippen LogP contribution in [0.1, 0.15) is 60.3 Å². The number of aliphatic hydroxyl groups is 2. The molecule has 23 heavy (non-hydrogen) atoms. The van der Waals surface area contributed by atoms with E-state index < -0.39 is 5.60 Å². The van der Waals surface area contributed by atoms with Gasteiger partial charge in [0.2, 0.25) is 0 Å². The summed E-state index contributed by atoms with van der Waals surface area (Å²) < 4.78 is 0. The second-order valence-corrected chi connectivity index (χ2v) is 6.65. The average Bonchev–Trinajstić information content (AvgIpc) is 2.36. The summed E-state index contributed by atoms with van der Waals surface area (Å²) in [6.45, 7) is 9.56. The molecule has 3 nitrogen and oxygen atoms in total. The fraction of sp³-hybridized carbons (Fsp3) is 0.550. The molecule has 3 heteroatoms. The number of carbonyl (C=O) groups excluding carboxylic acids is 1. The first-order valence-electron chi connectivity index (χ1n) is 8.16. The van der Waals surface area contributed by atoms with Crippen LogP contribution in [0.5, 0.6) is 0 Å². The largest absolute Gasteiger partial charge is 0.392 e. The van der Waals surface area contributed by atoms with E-state index in [2.05, 4.69) is 0 Å². The van der Waals surface area contributed by atoms with E-state index in [9.17, 15) is 9.90 Å². The SMILES string of the molecule is CC(C)=CC(=O)C/C(C)=C/CC[C@@](C)(O)/C=C/C/C(C)=C/CO. The second-order valence-electron chi connectivity index (χ2n) is 6.65. The van der Waals surface area contributed by atoms with Gasteiger partial charge in [-0.05, 0) is 60.0 Å². The summed E-state index contributed by atoms with van der Waals surface area (Å²) in [5, 5.41) is 19.1. The first-order valence-corrected chi connectivity index (χ1v) is 8.16. The third-order valence-electron chi connectivity index (χ3n) is 3.40. The van der Waals surface area contributed by atoms with Crippen LogP contribution in [0.25, 0.3) is 0 Å². The molecule has 0 bridgehead atoms. The van der Waals surface area contributed by atoms with E-state index in [0.29, 0.717) is 12.8 Å². The van der Waals surface area contributed by atoms with Crippen molar-refractivity contribution >= 4 is 5.78 Å². The van der Waals surface area contributed by atoms with Crippen LogP contribution in [-0.2, 0) is 4.79 Å². The van der Waals surface area contributed by atoms with Gasteiger partial charge in [0, 0.05) is 6.42 Å². The molecule has 0 unspecified atom stereocenters. The number of hydrogen-bond donors (Lipinski definition) is 2. The smallest absolute Gasteiger partial charge is 0.159 e. The highest BCUT2D eigenvalue weighted by Gasteiger charge is 2.14.